The van der Waals surface area contributed by atoms with Crippen molar-refractivity contribution in [2.75, 3.05) is 18.4 Å². The maximum atomic E-state index is 12.6. The predicted octanol–water partition coefficient (Wildman–Crippen LogP) is 3.13. The molecular formula is C19H23N5O3. The van der Waals surface area contributed by atoms with Crippen LogP contribution >= 0.6 is 0 Å². The summed E-state index contributed by atoms with van der Waals surface area (Å²) in [6.45, 7) is 5.10. The number of aromatic nitrogens is 1. The van der Waals surface area contributed by atoms with Crippen LogP contribution in [0.4, 0.5) is 10.5 Å². The van der Waals surface area contributed by atoms with Crippen LogP contribution in [0, 0.1) is 11.3 Å². The second-order valence-electron chi connectivity index (χ2n) is 5.93. The second kappa shape index (κ2) is 9.97. The number of anilines is 1. The van der Waals surface area contributed by atoms with Crippen molar-refractivity contribution in [2.24, 2.45) is 0 Å². The first-order valence-corrected chi connectivity index (χ1v) is 8.86. The highest BCUT2D eigenvalue weighted by Gasteiger charge is 2.18. The van der Waals surface area contributed by atoms with E-state index >= 15 is 0 Å². The Morgan fingerprint density at radius 3 is 2.81 bits per heavy atom. The fourth-order valence-electron chi connectivity index (χ4n) is 2.37. The van der Waals surface area contributed by atoms with Gasteiger partial charge in [-0.1, -0.05) is 19.9 Å². The summed E-state index contributed by atoms with van der Waals surface area (Å²) in [6.07, 6.45) is 2.86. The van der Waals surface area contributed by atoms with E-state index in [1.165, 1.54) is 6.26 Å². The highest BCUT2D eigenvalue weighted by atomic mass is 16.3. The van der Waals surface area contributed by atoms with Crippen LogP contribution in [0.3, 0.4) is 0 Å². The van der Waals surface area contributed by atoms with Crippen LogP contribution in [0.5, 0.6) is 0 Å². The molecule has 8 heteroatoms. The van der Waals surface area contributed by atoms with Gasteiger partial charge in [-0.05, 0) is 31.0 Å². The molecule has 0 fully saturated rings. The Labute approximate surface area is 158 Å². The van der Waals surface area contributed by atoms with Gasteiger partial charge in [0.15, 0.2) is 5.69 Å². The van der Waals surface area contributed by atoms with E-state index in [0.29, 0.717) is 24.3 Å². The van der Waals surface area contributed by atoms with E-state index in [1.54, 1.807) is 29.2 Å². The summed E-state index contributed by atoms with van der Waals surface area (Å²) in [5, 5.41) is 14.5. The normalized spacial score (nSPS) is 10.1. The fourth-order valence-corrected chi connectivity index (χ4v) is 2.37. The van der Waals surface area contributed by atoms with Gasteiger partial charge in [0.25, 0.3) is 5.91 Å². The van der Waals surface area contributed by atoms with Gasteiger partial charge in [0, 0.05) is 18.8 Å². The van der Waals surface area contributed by atoms with Crippen LogP contribution in [-0.2, 0) is 6.54 Å². The zero-order valence-corrected chi connectivity index (χ0v) is 15.5. The Bertz CT molecular complexity index is 825. The molecule has 2 rings (SSSR count). The van der Waals surface area contributed by atoms with Crippen molar-refractivity contribution < 1.29 is 14.0 Å². The Morgan fingerprint density at radius 2 is 2.11 bits per heavy atom. The van der Waals surface area contributed by atoms with Gasteiger partial charge in [0.2, 0.25) is 5.89 Å². The van der Waals surface area contributed by atoms with Gasteiger partial charge in [0.1, 0.15) is 6.26 Å². The number of rotatable bonds is 8. The molecule has 0 aliphatic rings. The monoisotopic (exact) mass is 369 g/mol. The highest BCUT2D eigenvalue weighted by Crippen LogP contribution is 2.13. The van der Waals surface area contributed by atoms with Crippen molar-refractivity contribution in [1.82, 2.24) is 15.2 Å². The summed E-state index contributed by atoms with van der Waals surface area (Å²) in [6, 6.07) is 8.38. The average molecular weight is 369 g/mol. The van der Waals surface area contributed by atoms with Crippen molar-refractivity contribution in [3.8, 4) is 6.07 Å². The number of oxazole rings is 1. The van der Waals surface area contributed by atoms with Crippen LogP contribution in [0.2, 0.25) is 0 Å². The van der Waals surface area contributed by atoms with Gasteiger partial charge in [-0.3, -0.25) is 4.79 Å². The standard InChI is InChI=1S/C19H23N5O3/c1-3-8-21-18(25)16-13-27-17(23-16)12-24(9-4-2)19(26)22-15-7-5-6-14(10-15)11-20/h5-7,10,13H,3-4,8-9,12H2,1-2H3,(H,21,25)(H,22,26). The summed E-state index contributed by atoms with van der Waals surface area (Å²) in [7, 11) is 0. The second-order valence-corrected chi connectivity index (χ2v) is 5.93. The SMILES string of the molecule is CCCNC(=O)c1coc(CN(CCC)C(=O)Nc2cccc(C#N)c2)n1. The minimum absolute atomic E-state index is 0.138. The first-order chi connectivity index (χ1) is 13.1. The molecule has 2 aromatic rings. The number of benzene rings is 1. The maximum Gasteiger partial charge on any atom is 0.322 e. The molecule has 27 heavy (non-hydrogen) atoms. The van der Waals surface area contributed by atoms with E-state index in [1.807, 2.05) is 19.9 Å². The summed E-state index contributed by atoms with van der Waals surface area (Å²) >= 11 is 0. The lowest BCUT2D eigenvalue weighted by molar-refractivity contribution is 0.0948. The molecule has 0 unspecified atom stereocenters. The topological polar surface area (TPSA) is 111 Å². The minimum Gasteiger partial charge on any atom is -0.446 e. The smallest absolute Gasteiger partial charge is 0.322 e. The third-order valence-corrected chi connectivity index (χ3v) is 3.67. The van der Waals surface area contributed by atoms with Gasteiger partial charge in [-0.2, -0.15) is 5.26 Å². The molecule has 0 bridgehead atoms. The van der Waals surface area contributed by atoms with Gasteiger partial charge in [0.05, 0.1) is 18.2 Å². The van der Waals surface area contributed by atoms with E-state index in [9.17, 15) is 9.59 Å². The first-order valence-electron chi connectivity index (χ1n) is 8.86. The highest BCUT2D eigenvalue weighted by molar-refractivity contribution is 5.92. The lowest BCUT2D eigenvalue weighted by Crippen LogP contribution is -2.35. The number of carbonyl (C=O) groups is 2. The summed E-state index contributed by atoms with van der Waals surface area (Å²) in [5.41, 5.74) is 1.19. The molecule has 1 aromatic carbocycles. The van der Waals surface area contributed by atoms with Gasteiger partial charge in [-0.25, -0.2) is 9.78 Å². The number of hydrogen-bond acceptors (Lipinski definition) is 5. The van der Waals surface area contributed by atoms with Gasteiger partial charge < -0.3 is 20.0 Å². The number of nitrogens with one attached hydrogen (secondary N) is 2. The zero-order chi connectivity index (χ0) is 19.6. The molecule has 0 saturated heterocycles. The van der Waals surface area contributed by atoms with Gasteiger partial charge >= 0.3 is 6.03 Å². The van der Waals surface area contributed by atoms with Crippen LogP contribution in [0.1, 0.15) is 48.6 Å². The Balaban J connectivity index is 2.04. The molecule has 0 radical (unpaired) electrons. The Hall–Kier alpha value is -3.34. The van der Waals surface area contributed by atoms with Gasteiger partial charge in [-0.15, -0.1) is 0 Å². The third kappa shape index (κ3) is 5.85. The van der Waals surface area contributed by atoms with Crippen LogP contribution in [-0.4, -0.2) is 34.9 Å². The molecule has 0 saturated carbocycles. The molecule has 0 aliphatic carbocycles. The van der Waals surface area contributed by atoms with Crippen LogP contribution < -0.4 is 10.6 Å². The molecular weight excluding hydrogens is 346 g/mol. The molecule has 0 aliphatic heterocycles. The summed E-state index contributed by atoms with van der Waals surface area (Å²) < 4.78 is 5.34. The molecule has 8 nitrogen and oxygen atoms in total. The zero-order valence-electron chi connectivity index (χ0n) is 15.5. The van der Waals surface area contributed by atoms with Crippen molar-refractivity contribution in [1.29, 1.82) is 5.26 Å². The first kappa shape index (κ1) is 20.0. The molecule has 1 aromatic heterocycles. The van der Waals surface area contributed by atoms with E-state index < -0.39 is 0 Å². The fraction of sp³-hybridized carbons (Fsp3) is 0.368. The molecule has 3 amide bonds. The number of nitriles is 1. The van der Waals surface area contributed by atoms with Crippen LogP contribution in [0.25, 0.3) is 0 Å². The number of hydrogen-bond donors (Lipinski definition) is 2. The Kier molecular flexibility index (Phi) is 7.37. The number of nitrogens with zero attached hydrogens (tertiary/aromatic N) is 3. The lowest BCUT2D eigenvalue weighted by Gasteiger charge is -2.21. The molecule has 142 valence electrons. The van der Waals surface area contributed by atoms with E-state index in [-0.39, 0.29) is 30.1 Å². The average Bonchev–Trinajstić information content (AvgIpc) is 3.14. The minimum atomic E-state index is -0.331. The Morgan fingerprint density at radius 1 is 1.30 bits per heavy atom. The molecule has 2 N–H and O–H groups in total. The largest absolute Gasteiger partial charge is 0.446 e. The predicted molar refractivity (Wildman–Crippen MR) is 100 cm³/mol. The number of carbonyl (C=O) groups excluding carboxylic acids is 2. The van der Waals surface area contributed by atoms with Crippen molar-refractivity contribution in [3.05, 3.63) is 47.7 Å². The number of amides is 3. The van der Waals surface area contributed by atoms with E-state index in [2.05, 4.69) is 15.6 Å². The van der Waals surface area contributed by atoms with E-state index in [4.69, 9.17) is 9.68 Å². The van der Waals surface area contributed by atoms with Crippen molar-refractivity contribution in [3.63, 3.8) is 0 Å². The molecule has 0 spiro atoms. The third-order valence-electron chi connectivity index (χ3n) is 3.67. The van der Waals surface area contributed by atoms with Crippen molar-refractivity contribution >= 4 is 17.6 Å². The lowest BCUT2D eigenvalue weighted by atomic mass is 10.2. The number of urea groups is 1. The quantitative estimate of drug-likeness (QED) is 0.742. The molecule has 0 atom stereocenters. The van der Waals surface area contributed by atoms with Crippen molar-refractivity contribution in [2.45, 2.75) is 33.2 Å². The summed E-state index contributed by atoms with van der Waals surface area (Å²) in [5.74, 6) is -0.0160. The van der Waals surface area contributed by atoms with Crippen LogP contribution in [0.15, 0.2) is 34.9 Å². The van der Waals surface area contributed by atoms with E-state index in [0.717, 1.165) is 12.8 Å². The summed E-state index contributed by atoms with van der Waals surface area (Å²) in [4.78, 5) is 30.2. The maximum absolute atomic E-state index is 12.6. The molecule has 1 heterocycles.